The molecular formula is C11H20N6O2. The van der Waals surface area contributed by atoms with Crippen molar-refractivity contribution in [3.63, 3.8) is 0 Å². The molecule has 0 aliphatic heterocycles. The van der Waals surface area contributed by atoms with Gasteiger partial charge in [-0.1, -0.05) is 6.92 Å². The normalized spacial score (nSPS) is 10.1. The van der Waals surface area contributed by atoms with Crippen molar-refractivity contribution in [2.75, 3.05) is 27.2 Å². The Hall–Kier alpha value is -2.12. The van der Waals surface area contributed by atoms with Gasteiger partial charge in [-0.2, -0.15) is 0 Å². The van der Waals surface area contributed by atoms with Gasteiger partial charge in [0, 0.05) is 33.6 Å². The van der Waals surface area contributed by atoms with E-state index in [1.807, 2.05) is 6.92 Å². The van der Waals surface area contributed by atoms with Gasteiger partial charge in [-0.05, 0) is 6.42 Å². The van der Waals surface area contributed by atoms with Gasteiger partial charge in [-0.25, -0.2) is 9.78 Å². The standard InChI is InChI=1S/C11H20N6O2/c1-4-5-8-14-9(16-15-8)10(18)12-6-7-13-11(19)17(2)3/h4-7H2,1-3H3,(H,12,18)(H,13,19)(H,14,15,16). The van der Waals surface area contributed by atoms with Gasteiger partial charge in [0.25, 0.3) is 5.91 Å². The summed E-state index contributed by atoms with van der Waals surface area (Å²) in [7, 11) is 3.30. The maximum atomic E-state index is 11.7. The number of rotatable bonds is 6. The van der Waals surface area contributed by atoms with Crippen LogP contribution in [0, 0.1) is 0 Å². The molecule has 19 heavy (non-hydrogen) atoms. The first-order valence-corrected chi connectivity index (χ1v) is 6.19. The molecule has 8 heteroatoms. The molecule has 0 bridgehead atoms. The van der Waals surface area contributed by atoms with Crippen LogP contribution in [0.25, 0.3) is 0 Å². The van der Waals surface area contributed by atoms with Crippen molar-refractivity contribution < 1.29 is 9.59 Å². The molecule has 3 amide bonds. The molecule has 1 heterocycles. The monoisotopic (exact) mass is 268 g/mol. The number of aryl methyl sites for hydroxylation is 1. The van der Waals surface area contributed by atoms with Gasteiger partial charge in [0.1, 0.15) is 5.82 Å². The molecule has 0 unspecified atom stereocenters. The Labute approximate surface area is 112 Å². The van der Waals surface area contributed by atoms with Crippen LogP contribution in [0.2, 0.25) is 0 Å². The van der Waals surface area contributed by atoms with Crippen LogP contribution in [0.3, 0.4) is 0 Å². The summed E-state index contributed by atoms with van der Waals surface area (Å²) in [5.74, 6) is 0.480. The third kappa shape index (κ3) is 4.94. The van der Waals surface area contributed by atoms with Crippen LogP contribution in [-0.4, -0.2) is 59.2 Å². The number of hydrogen-bond acceptors (Lipinski definition) is 4. The van der Waals surface area contributed by atoms with Crippen molar-refractivity contribution >= 4 is 11.9 Å². The van der Waals surface area contributed by atoms with Crippen molar-refractivity contribution in [2.45, 2.75) is 19.8 Å². The van der Waals surface area contributed by atoms with E-state index in [-0.39, 0.29) is 17.8 Å². The van der Waals surface area contributed by atoms with Crippen molar-refractivity contribution in [1.82, 2.24) is 30.7 Å². The smallest absolute Gasteiger partial charge is 0.316 e. The Balaban J connectivity index is 2.29. The molecule has 0 saturated heterocycles. The van der Waals surface area contributed by atoms with E-state index in [9.17, 15) is 9.59 Å². The van der Waals surface area contributed by atoms with Crippen molar-refractivity contribution in [2.24, 2.45) is 0 Å². The molecule has 3 N–H and O–H groups in total. The van der Waals surface area contributed by atoms with Crippen LogP contribution in [0.15, 0.2) is 0 Å². The third-order valence-electron chi connectivity index (χ3n) is 2.31. The Morgan fingerprint density at radius 3 is 2.58 bits per heavy atom. The first-order valence-electron chi connectivity index (χ1n) is 6.19. The number of urea groups is 1. The first-order chi connectivity index (χ1) is 9.04. The summed E-state index contributed by atoms with van der Waals surface area (Å²) in [6.07, 6.45) is 1.70. The van der Waals surface area contributed by atoms with E-state index < -0.39 is 0 Å². The molecule has 0 aliphatic carbocycles. The van der Waals surface area contributed by atoms with E-state index in [1.54, 1.807) is 14.1 Å². The third-order valence-corrected chi connectivity index (χ3v) is 2.31. The number of amides is 3. The summed E-state index contributed by atoms with van der Waals surface area (Å²) in [6, 6.07) is -0.197. The van der Waals surface area contributed by atoms with E-state index in [4.69, 9.17) is 0 Å². The first kappa shape index (κ1) is 14.9. The van der Waals surface area contributed by atoms with Gasteiger partial charge in [-0.3, -0.25) is 9.89 Å². The average molecular weight is 268 g/mol. The molecule has 0 spiro atoms. The summed E-state index contributed by atoms with van der Waals surface area (Å²) < 4.78 is 0. The molecule has 0 fully saturated rings. The van der Waals surface area contributed by atoms with Gasteiger partial charge in [-0.15, -0.1) is 5.10 Å². The lowest BCUT2D eigenvalue weighted by atomic mass is 10.3. The Morgan fingerprint density at radius 1 is 1.26 bits per heavy atom. The number of H-pyrrole nitrogens is 1. The highest BCUT2D eigenvalue weighted by Gasteiger charge is 2.11. The van der Waals surface area contributed by atoms with Gasteiger partial charge in [0.15, 0.2) is 0 Å². The number of carbonyl (C=O) groups excluding carboxylic acids is 2. The predicted octanol–water partition coefficient (Wildman–Crippen LogP) is -0.242. The number of carbonyl (C=O) groups is 2. The van der Waals surface area contributed by atoms with Crippen LogP contribution in [0.4, 0.5) is 4.79 Å². The summed E-state index contributed by atoms with van der Waals surface area (Å²) >= 11 is 0. The van der Waals surface area contributed by atoms with E-state index >= 15 is 0 Å². The minimum absolute atomic E-state index is 0.127. The highest BCUT2D eigenvalue weighted by atomic mass is 16.2. The zero-order valence-corrected chi connectivity index (χ0v) is 11.5. The Bertz CT molecular complexity index is 429. The maximum absolute atomic E-state index is 11.7. The number of nitrogens with one attached hydrogen (secondary N) is 3. The highest BCUT2D eigenvalue weighted by Crippen LogP contribution is 1.96. The lowest BCUT2D eigenvalue weighted by Crippen LogP contribution is -2.39. The van der Waals surface area contributed by atoms with Crippen LogP contribution >= 0.6 is 0 Å². The molecule has 0 aliphatic rings. The zero-order chi connectivity index (χ0) is 14.3. The molecule has 1 aromatic rings. The van der Waals surface area contributed by atoms with Crippen LogP contribution in [-0.2, 0) is 6.42 Å². The van der Waals surface area contributed by atoms with E-state index in [0.717, 1.165) is 12.8 Å². The molecular weight excluding hydrogens is 248 g/mol. The largest absolute Gasteiger partial charge is 0.347 e. The summed E-state index contributed by atoms with van der Waals surface area (Å²) in [6.45, 7) is 2.71. The molecule has 1 rings (SSSR count). The maximum Gasteiger partial charge on any atom is 0.316 e. The van der Waals surface area contributed by atoms with Crippen LogP contribution < -0.4 is 10.6 Å². The fourth-order valence-corrected chi connectivity index (χ4v) is 1.33. The molecule has 1 aromatic heterocycles. The molecule has 0 saturated carbocycles. The van der Waals surface area contributed by atoms with Gasteiger partial charge in [0.2, 0.25) is 5.82 Å². The highest BCUT2D eigenvalue weighted by molar-refractivity contribution is 5.90. The van der Waals surface area contributed by atoms with E-state index in [0.29, 0.717) is 18.9 Å². The fourth-order valence-electron chi connectivity index (χ4n) is 1.33. The summed E-state index contributed by atoms with van der Waals surface area (Å²) in [5, 5.41) is 11.8. The van der Waals surface area contributed by atoms with Gasteiger partial charge in [0.05, 0.1) is 0 Å². The topological polar surface area (TPSA) is 103 Å². The molecule has 8 nitrogen and oxygen atoms in total. The zero-order valence-electron chi connectivity index (χ0n) is 11.5. The number of aromatic amines is 1. The average Bonchev–Trinajstić information content (AvgIpc) is 2.83. The molecule has 0 radical (unpaired) electrons. The second-order valence-electron chi connectivity index (χ2n) is 4.24. The molecule has 0 aromatic carbocycles. The number of nitrogens with zero attached hydrogens (tertiary/aromatic N) is 3. The second-order valence-corrected chi connectivity index (χ2v) is 4.24. The van der Waals surface area contributed by atoms with E-state index in [1.165, 1.54) is 4.90 Å². The van der Waals surface area contributed by atoms with Crippen molar-refractivity contribution in [3.8, 4) is 0 Å². The molecule has 0 atom stereocenters. The van der Waals surface area contributed by atoms with Gasteiger partial charge >= 0.3 is 6.03 Å². The fraction of sp³-hybridized carbons (Fsp3) is 0.636. The van der Waals surface area contributed by atoms with Crippen molar-refractivity contribution in [3.05, 3.63) is 11.6 Å². The number of hydrogen-bond donors (Lipinski definition) is 3. The predicted molar refractivity (Wildman–Crippen MR) is 69.8 cm³/mol. The van der Waals surface area contributed by atoms with E-state index in [2.05, 4.69) is 25.8 Å². The van der Waals surface area contributed by atoms with Crippen LogP contribution in [0.1, 0.15) is 29.8 Å². The molecule has 106 valence electrons. The summed E-state index contributed by atoms with van der Waals surface area (Å²) in [4.78, 5) is 28.4. The lowest BCUT2D eigenvalue weighted by Gasteiger charge is -2.11. The van der Waals surface area contributed by atoms with Gasteiger partial charge < -0.3 is 15.5 Å². The number of aromatic nitrogens is 3. The second kappa shape index (κ2) is 7.34. The lowest BCUT2D eigenvalue weighted by molar-refractivity contribution is 0.0943. The minimum atomic E-state index is -0.349. The summed E-state index contributed by atoms with van der Waals surface area (Å²) in [5.41, 5.74) is 0. The van der Waals surface area contributed by atoms with Crippen LogP contribution in [0.5, 0.6) is 0 Å². The Kier molecular flexibility index (Phi) is 5.77. The quantitative estimate of drug-likeness (QED) is 0.619. The SMILES string of the molecule is CCCc1nc(C(=O)NCCNC(=O)N(C)C)n[nH]1. The Morgan fingerprint density at radius 2 is 1.95 bits per heavy atom. The van der Waals surface area contributed by atoms with Crippen molar-refractivity contribution in [1.29, 1.82) is 0 Å². The minimum Gasteiger partial charge on any atom is -0.347 e.